The molecule has 72 valence electrons. The Hall–Kier alpha value is -1.18. The molecule has 0 aliphatic carbocycles. The molecule has 0 saturated heterocycles. The molecule has 0 N–H and O–H groups in total. The summed E-state index contributed by atoms with van der Waals surface area (Å²) in [6.07, 6.45) is 0. The van der Waals surface area contributed by atoms with Crippen molar-refractivity contribution in [2.45, 2.75) is 27.7 Å². The molecule has 0 spiro atoms. The molecule has 0 amide bonds. The number of rotatable bonds is 0. The highest BCUT2D eigenvalue weighted by molar-refractivity contribution is 5.52. The molecule has 0 radical (unpaired) electrons. The minimum Gasteiger partial charge on any atom is -0.453 e. The fourth-order valence-electron chi connectivity index (χ4n) is 1.27. The summed E-state index contributed by atoms with van der Waals surface area (Å²) in [5, 5.41) is 0. The molecule has 0 saturated carbocycles. The minimum atomic E-state index is 0.362. The van der Waals surface area contributed by atoms with Crippen LogP contribution in [0.15, 0.2) is 12.1 Å². The molecule has 2 rings (SSSR count). The molecule has 2 heteroatoms. The van der Waals surface area contributed by atoms with E-state index >= 15 is 0 Å². The van der Waals surface area contributed by atoms with E-state index in [4.69, 9.17) is 9.47 Å². The monoisotopic (exact) mass is 180 g/mol. The van der Waals surface area contributed by atoms with Gasteiger partial charge in [-0.05, 0) is 25.0 Å². The third-order valence-electron chi connectivity index (χ3n) is 1.91. The lowest BCUT2D eigenvalue weighted by Crippen LogP contribution is -1.93. The number of benzene rings is 1. The topological polar surface area (TPSA) is 18.5 Å². The van der Waals surface area contributed by atoms with Crippen LogP contribution in [0.4, 0.5) is 0 Å². The lowest BCUT2D eigenvalue weighted by atomic mass is 10.1. The summed E-state index contributed by atoms with van der Waals surface area (Å²) in [6, 6.07) is 4.09. The molecule has 1 aromatic rings. The van der Waals surface area contributed by atoms with Gasteiger partial charge in [0.1, 0.15) is 0 Å². The highest BCUT2D eigenvalue weighted by Crippen LogP contribution is 2.37. The van der Waals surface area contributed by atoms with Crippen LogP contribution in [-0.4, -0.2) is 6.79 Å². The first-order valence-corrected chi connectivity index (χ1v) is 4.65. The summed E-state index contributed by atoms with van der Waals surface area (Å²) < 4.78 is 10.6. The van der Waals surface area contributed by atoms with Gasteiger partial charge in [-0.1, -0.05) is 26.0 Å². The first-order chi connectivity index (χ1) is 6.29. The second-order valence-electron chi connectivity index (χ2n) is 2.76. The molecule has 0 unspecified atom stereocenters. The summed E-state index contributed by atoms with van der Waals surface area (Å²) in [6.45, 7) is 8.40. The van der Waals surface area contributed by atoms with Crippen LogP contribution in [0.3, 0.4) is 0 Å². The van der Waals surface area contributed by atoms with Crippen molar-refractivity contribution in [1.82, 2.24) is 0 Å². The summed E-state index contributed by atoms with van der Waals surface area (Å²) in [5.41, 5.74) is 2.28. The van der Waals surface area contributed by atoms with E-state index in [0.717, 1.165) is 22.6 Å². The van der Waals surface area contributed by atoms with Crippen LogP contribution in [0.2, 0.25) is 0 Å². The first-order valence-electron chi connectivity index (χ1n) is 4.65. The zero-order valence-electron chi connectivity index (χ0n) is 8.68. The molecule has 0 aromatic heterocycles. The van der Waals surface area contributed by atoms with E-state index in [1.54, 1.807) is 0 Å². The van der Waals surface area contributed by atoms with Gasteiger partial charge in [0.2, 0.25) is 6.79 Å². The Morgan fingerprint density at radius 3 is 1.69 bits per heavy atom. The predicted octanol–water partition coefficient (Wildman–Crippen LogP) is 3.06. The molecule has 1 heterocycles. The van der Waals surface area contributed by atoms with Gasteiger partial charge in [0.15, 0.2) is 11.5 Å². The summed E-state index contributed by atoms with van der Waals surface area (Å²) in [4.78, 5) is 0. The van der Waals surface area contributed by atoms with Gasteiger partial charge in [-0.2, -0.15) is 0 Å². The van der Waals surface area contributed by atoms with Crippen molar-refractivity contribution in [3.63, 3.8) is 0 Å². The van der Waals surface area contributed by atoms with Gasteiger partial charge in [-0.3, -0.25) is 0 Å². The summed E-state index contributed by atoms with van der Waals surface area (Å²) >= 11 is 0. The summed E-state index contributed by atoms with van der Waals surface area (Å²) in [5.74, 6) is 1.81. The van der Waals surface area contributed by atoms with E-state index in [9.17, 15) is 0 Å². The van der Waals surface area contributed by atoms with E-state index in [0.29, 0.717) is 6.79 Å². The van der Waals surface area contributed by atoms with Crippen molar-refractivity contribution in [2.75, 3.05) is 6.79 Å². The second kappa shape index (κ2) is 4.17. The van der Waals surface area contributed by atoms with Crippen LogP contribution in [0.1, 0.15) is 25.0 Å². The zero-order valence-corrected chi connectivity index (χ0v) is 8.68. The fourth-order valence-corrected chi connectivity index (χ4v) is 1.27. The smallest absolute Gasteiger partial charge is 0.231 e. The standard InChI is InChI=1S/C9H10O2.C2H6/c1-6-3-4-7(2)9-8(6)10-5-11-9;1-2/h3-4H,5H2,1-2H3;1-2H3. The minimum absolute atomic E-state index is 0.362. The van der Waals surface area contributed by atoms with E-state index in [1.807, 2.05) is 39.8 Å². The molecule has 13 heavy (non-hydrogen) atoms. The normalized spacial score (nSPS) is 12.0. The Labute approximate surface area is 79.5 Å². The van der Waals surface area contributed by atoms with Crippen molar-refractivity contribution in [3.8, 4) is 11.5 Å². The van der Waals surface area contributed by atoms with Gasteiger partial charge < -0.3 is 9.47 Å². The molecule has 1 aliphatic rings. The lowest BCUT2D eigenvalue weighted by molar-refractivity contribution is 0.173. The van der Waals surface area contributed by atoms with Crippen LogP contribution in [0.25, 0.3) is 0 Å². The van der Waals surface area contributed by atoms with Crippen LogP contribution < -0.4 is 9.47 Å². The van der Waals surface area contributed by atoms with Gasteiger partial charge in [-0.15, -0.1) is 0 Å². The molecule has 0 fully saturated rings. The highest BCUT2D eigenvalue weighted by Gasteiger charge is 2.17. The average molecular weight is 180 g/mol. The van der Waals surface area contributed by atoms with Gasteiger partial charge >= 0.3 is 0 Å². The Kier molecular flexibility index (Phi) is 3.18. The maximum Gasteiger partial charge on any atom is 0.231 e. The van der Waals surface area contributed by atoms with Crippen molar-refractivity contribution >= 4 is 0 Å². The predicted molar refractivity (Wildman–Crippen MR) is 53.4 cm³/mol. The van der Waals surface area contributed by atoms with Gasteiger partial charge in [0.25, 0.3) is 0 Å². The number of fused-ring (bicyclic) bond motifs is 1. The Bertz CT molecular complexity index is 263. The molecular formula is C11H16O2. The van der Waals surface area contributed by atoms with E-state index in [1.165, 1.54) is 0 Å². The SMILES string of the molecule is CC.Cc1ccc(C)c2c1OCO2. The molecule has 1 aromatic carbocycles. The quantitative estimate of drug-likeness (QED) is 0.611. The Balaban J connectivity index is 0.000000396. The molecule has 2 nitrogen and oxygen atoms in total. The zero-order chi connectivity index (χ0) is 9.84. The Morgan fingerprint density at radius 2 is 1.31 bits per heavy atom. The van der Waals surface area contributed by atoms with E-state index in [-0.39, 0.29) is 0 Å². The fraction of sp³-hybridized carbons (Fsp3) is 0.455. The molecule has 1 aliphatic heterocycles. The van der Waals surface area contributed by atoms with E-state index < -0.39 is 0 Å². The van der Waals surface area contributed by atoms with Gasteiger partial charge in [0, 0.05) is 0 Å². The molecular weight excluding hydrogens is 164 g/mol. The maximum atomic E-state index is 5.29. The van der Waals surface area contributed by atoms with Crippen molar-refractivity contribution < 1.29 is 9.47 Å². The van der Waals surface area contributed by atoms with Crippen LogP contribution in [0.5, 0.6) is 11.5 Å². The van der Waals surface area contributed by atoms with Crippen LogP contribution in [-0.2, 0) is 0 Å². The average Bonchev–Trinajstić information content (AvgIpc) is 2.64. The van der Waals surface area contributed by atoms with Crippen molar-refractivity contribution in [3.05, 3.63) is 23.3 Å². The summed E-state index contributed by atoms with van der Waals surface area (Å²) in [7, 11) is 0. The number of hydrogen-bond acceptors (Lipinski definition) is 2. The number of aryl methyl sites for hydroxylation is 2. The van der Waals surface area contributed by atoms with Gasteiger partial charge in [0.05, 0.1) is 0 Å². The van der Waals surface area contributed by atoms with Crippen LogP contribution in [0, 0.1) is 13.8 Å². The Morgan fingerprint density at radius 1 is 0.923 bits per heavy atom. The number of ether oxygens (including phenoxy) is 2. The van der Waals surface area contributed by atoms with Crippen LogP contribution >= 0.6 is 0 Å². The van der Waals surface area contributed by atoms with E-state index in [2.05, 4.69) is 0 Å². The van der Waals surface area contributed by atoms with Gasteiger partial charge in [-0.25, -0.2) is 0 Å². The third-order valence-corrected chi connectivity index (χ3v) is 1.91. The highest BCUT2D eigenvalue weighted by atomic mass is 16.7. The van der Waals surface area contributed by atoms with Crippen molar-refractivity contribution in [1.29, 1.82) is 0 Å². The first kappa shape index (κ1) is 9.90. The largest absolute Gasteiger partial charge is 0.453 e. The number of hydrogen-bond donors (Lipinski definition) is 0. The molecule has 0 bridgehead atoms. The lowest BCUT2D eigenvalue weighted by Gasteiger charge is -2.01. The maximum absolute atomic E-state index is 5.29. The second-order valence-corrected chi connectivity index (χ2v) is 2.76. The molecule has 0 atom stereocenters. The third kappa shape index (κ3) is 1.77. The van der Waals surface area contributed by atoms with Crippen molar-refractivity contribution in [2.24, 2.45) is 0 Å².